The van der Waals surface area contributed by atoms with Gasteiger partial charge in [-0.3, -0.25) is 4.79 Å². The quantitative estimate of drug-likeness (QED) is 0.0980. The zero-order valence-electron chi connectivity index (χ0n) is 24.2. The van der Waals surface area contributed by atoms with Gasteiger partial charge in [0, 0.05) is 43.9 Å². The highest BCUT2D eigenvalue weighted by atomic mass is 16.5. The van der Waals surface area contributed by atoms with E-state index in [1.165, 1.54) is 0 Å². The molecule has 226 valence electrons. The van der Waals surface area contributed by atoms with Crippen molar-refractivity contribution in [1.82, 2.24) is 20.3 Å². The summed E-state index contributed by atoms with van der Waals surface area (Å²) in [5, 5.41) is 12.4. The van der Waals surface area contributed by atoms with Gasteiger partial charge in [-0.05, 0) is 23.8 Å². The average Bonchev–Trinajstić information content (AvgIpc) is 3.02. The average molecular weight is 581 g/mol. The Hall–Kier alpha value is -4.46. The molecule has 13 heteroatoms. The molecule has 1 amide bonds. The second-order valence-electron chi connectivity index (χ2n) is 8.80. The predicted octanol–water partition coefficient (Wildman–Crippen LogP) is 2.43. The third-order valence-corrected chi connectivity index (χ3v) is 5.79. The SMILES string of the molecule is C=CCNc1nc(NCc2ccc(C(=O)NCCOCCOCCN)cc2)nc(NCc2cccc(OC)c2OC)n1. The number of methoxy groups -OCH3 is 2. The standard InChI is InChI=1S/C29H40N8O5/c1-4-13-32-27-35-28(37-29(36-27)34-20-23-6-5-7-24(39-2)25(23)40-3)33-19-21-8-10-22(11-9-21)26(38)31-14-16-42-18-17-41-15-12-30/h4-11H,1,12-20,30H2,2-3H3,(H,31,38)(H3,32,33,34,35,36,37). The number of nitrogens with two attached hydrogens (primary N) is 1. The van der Waals surface area contributed by atoms with Gasteiger partial charge in [0.1, 0.15) is 0 Å². The third-order valence-electron chi connectivity index (χ3n) is 5.79. The molecule has 0 aliphatic heterocycles. The van der Waals surface area contributed by atoms with E-state index in [1.807, 2.05) is 30.3 Å². The van der Waals surface area contributed by atoms with Crippen molar-refractivity contribution in [3.63, 3.8) is 0 Å². The minimum absolute atomic E-state index is 0.170. The molecule has 0 unspecified atom stereocenters. The lowest BCUT2D eigenvalue weighted by atomic mass is 10.1. The number of rotatable bonds is 20. The van der Waals surface area contributed by atoms with Gasteiger partial charge in [-0.1, -0.05) is 30.3 Å². The maximum absolute atomic E-state index is 12.4. The van der Waals surface area contributed by atoms with E-state index in [-0.39, 0.29) is 5.91 Å². The monoisotopic (exact) mass is 580 g/mol. The molecule has 3 rings (SSSR count). The van der Waals surface area contributed by atoms with E-state index >= 15 is 0 Å². The van der Waals surface area contributed by atoms with E-state index in [1.54, 1.807) is 32.4 Å². The summed E-state index contributed by atoms with van der Waals surface area (Å²) in [4.78, 5) is 25.8. The summed E-state index contributed by atoms with van der Waals surface area (Å²) in [6.45, 7) is 7.81. The molecule has 6 N–H and O–H groups in total. The van der Waals surface area contributed by atoms with Crippen LogP contribution in [0.2, 0.25) is 0 Å². The number of hydrogen-bond donors (Lipinski definition) is 5. The normalized spacial score (nSPS) is 10.5. The van der Waals surface area contributed by atoms with E-state index in [0.717, 1.165) is 11.1 Å². The highest BCUT2D eigenvalue weighted by Gasteiger charge is 2.12. The Labute approximate surface area is 246 Å². The fourth-order valence-electron chi connectivity index (χ4n) is 3.74. The molecule has 0 atom stereocenters. The first kappa shape index (κ1) is 32.1. The summed E-state index contributed by atoms with van der Waals surface area (Å²) in [7, 11) is 3.20. The summed E-state index contributed by atoms with van der Waals surface area (Å²) in [6, 6.07) is 13.0. The number of para-hydroxylation sites is 1. The third kappa shape index (κ3) is 10.5. The molecule has 0 saturated heterocycles. The highest BCUT2D eigenvalue weighted by molar-refractivity contribution is 5.94. The molecular formula is C29H40N8O5. The predicted molar refractivity (Wildman–Crippen MR) is 162 cm³/mol. The van der Waals surface area contributed by atoms with Gasteiger partial charge in [0.15, 0.2) is 11.5 Å². The van der Waals surface area contributed by atoms with Crippen LogP contribution in [0.25, 0.3) is 0 Å². The fraction of sp³-hybridized carbons (Fsp3) is 0.379. The summed E-state index contributed by atoms with van der Waals surface area (Å²) in [5.74, 6) is 2.26. The minimum Gasteiger partial charge on any atom is -0.493 e. The number of amides is 1. The van der Waals surface area contributed by atoms with Crippen molar-refractivity contribution in [3.05, 3.63) is 71.8 Å². The highest BCUT2D eigenvalue weighted by Crippen LogP contribution is 2.31. The molecule has 0 saturated carbocycles. The first-order chi connectivity index (χ1) is 20.6. The maximum Gasteiger partial charge on any atom is 0.251 e. The van der Waals surface area contributed by atoms with Crippen molar-refractivity contribution in [1.29, 1.82) is 0 Å². The summed E-state index contributed by atoms with van der Waals surface area (Å²) >= 11 is 0. The van der Waals surface area contributed by atoms with Crippen LogP contribution in [0.1, 0.15) is 21.5 Å². The molecule has 0 spiro atoms. The first-order valence-corrected chi connectivity index (χ1v) is 13.6. The van der Waals surface area contributed by atoms with Gasteiger partial charge in [0.05, 0.1) is 40.6 Å². The molecule has 0 aliphatic carbocycles. The minimum atomic E-state index is -0.170. The van der Waals surface area contributed by atoms with Crippen LogP contribution < -0.4 is 36.5 Å². The van der Waals surface area contributed by atoms with Crippen LogP contribution in [-0.2, 0) is 22.6 Å². The number of nitrogens with one attached hydrogen (secondary N) is 4. The Kier molecular flexibility index (Phi) is 13.8. The van der Waals surface area contributed by atoms with Crippen LogP contribution in [-0.4, -0.2) is 81.1 Å². The van der Waals surface area contributed by atoms with Crippen LogP contribution in [0.4, 0.5) is 17.8 Å². The van der Waals surface area contributed by atoms with Gasteiger partial charge in [0.25, 0.3) is 5.91 Å². The number of carbonyl (C=O) groups excluding carboxylic acids is 1. The van der Waals surface area contributed by atoms with Crippen molar-refractivity contribution in [2.45, 2.75) is 13.1 Å². The van der Waals surface area contributed by atoms with Crippen molar-refractivity contribution in [2.75, 3.05) is 76.2 Å². The number of carbonyl (C=O) groups is 1. The van der Waals surface area contributed by atoms with Gasteiger partial charge in [-0.15, -0.1) is 6.58 Å². The van der Waals surface area contributed by atoms with Crippen molar-refractivity contribution >= 4 is 23.8 Å². The Morgan fingerprint density at radius 3 is 2.17 bits per heavy atom. The van der Waals surface area contributed by atoms with E-state index in [4.69, 9.17) is 24.7 Å². The number of aromatic nitrogens is 3. The molecule has 1 aromatic heterocycles. The fourth-order valence-corrected chi connectivity index (χ4v) is 3.74. The molecule has 1 heterocycles. The molecule has 3 aromatic rings. The van der Waals surface area contributed by atoms with Gasteiger partial charge in [0.2, 0.25) is 17.8 Å². The number of ether oxygens (including phenoxy) is 4. The molecule has 42 heavy (non-hydrogen) atoms. The number of benzene rings is 2. The van der Waals surface area contributed by atoms with Gasteiger partial charge < -0.3 is 45.9 Å². The molecule has 2 aromatic carbocycles. The van der Waals surface area contributed by atoms with Crippen LogP contribution in [0.5, 0.6) is 11.5 Å². The van der Waals surface area contributed by atoms with E-state index in [9.17, 15) is 4.79 Å². The van der Waals surface area contributed by atoms with Gasteiger partial charge in [-0.2, -0.15) is 15.0 Å². The van der Waals surface area contributed by atoms with Crippen LogP contribution in [0, 0.1) is 0 Å². The first-order valence-electron chi connectivity index (χ1n) is 13.6. The van der Waals surface area contributed by atoms with E-state index in [2.05, 4.69) is 42.8 Å². The number of nitrogens with zero attached hydrogens (tertiary/aromatic N) is 3. The lowest BCUT2D eigenvalue weighted by molar-refractivity contribution is 0.0511. The Morgan fingerprint density at radius 1 is 0.857 bits per heavy atom. The number of anilines is 3. The molecular weight excluding hydrogens is 540 g/mol. The Bertz CT molecular complexity index is 1260. The van der Waals surface area contributed by atoms with Gasteiger partial charge in [-0.25, -0.2) is 0 Å². The largest absolute Gasteiger partial charge is 0.493 e. The topological polar surface area (TPSA) is 167 Å². The van der Waals surface area contributed by atoms with Crippen LogP contribution >= 0.6 is 0 Å². The zero-order valence-corrected chi connectivity index (χ0v) is 24.2. The van der Waals surface area contributed by atoms with Crippen molar-refractivity contribution in [3.8, 4) is 11.5 Å². The second kappa shape index (κ2) is 18.1. The Morgan fingerprint density at radius 2 is 1.52 bits per heavy atom. The van der Waals surface area contributed by atoms with Crippen molar-refractivity contribution in [2.24, 2.45) is 5.73 Å². The van der Waals surface area contributed by atoms with Crippen LogP contribution in [0.3, 0.4) is 0 Å². The van der Waals surface area contributed by atoms with Gasteiger partial charge >= 0.3 is 0 Å². The zero-order chi connectivity index (χ0) is 30.0. The molecule has 13 nitrogen and oxygen atoms in total. The summed E-state index contributed by atoms with van der Waals surface area (Å²) in [5.41, 5.74) is 7.75. The summed E-state index contributed by atoms with van der Waals surface area (Å²) < 4.78 is 21.6. The van der Waals surface area contributed by atoms with E-state index in [0.29, 0.717) is 94.1 Å². The molecule has 0 radical (unpaired) electrons. The van der Waals surface area contributed by atoms with Crippen molar-refractivity contribution < 1.29 is 23.7 Å². The number of hydrogen-bond acceptors (Lipinski definition) is 12. The Balaban J connectivity index is 1.55. The van der Waals surface area contributed by atoms with E-state index < -0.39 is 0 Å². The molecule has 0 aliphatic rings. The second-order valence-corrected chi connectivity index (χ2v) is 8.80. The molecule has 0 fully saturated rings. The molecule has 0 bridgehead atoms. The maximum atomic E-state index is 12.4. The lowest BCUT2D eigenvalue weighted by Crippen LogP contribution is -2.27. The summed E-state index contributed by atoms with van der Waals surface area (Å²) in [6.07, 6.45) is 1.72. The van der Waals surface area contributed by atoms with Crippen LogP contribution in [0.15, 0.2) is 55.1 Å². The smallest absolute Gasteiger partial charge is 0.251 e. The lowest BCUT2D eigenvalue weighted by Gasteiger charge is -2.14.